The first kappa shape index (κ1) is 14.5. The van der Waals surface area contributed by atoms with Gasteiger partial charge in [0.1, 0.15) is 0 Å². The van der Waals surface area contributed by atoms with Gasteiger partial charge >= 0.3 is 0 Å². The fourth-order valence-corrected chi connectivity index (χ4v) is 2.57. The Morgan fingerprint density at radius 1 is 1.21 bits per heavy atom. The molecule has 0 spiro atoms. The van der Waals surface area contributed by atoms with E-state index >= 15 is 0 Å². The Labute approximate surface area is 117 Å². The summed E-state index contributed by atoms with van der Waals surface area (Å²) in [5.74, 6) is 0. The zero-order chi connectivity index (χ0) is 13.5. The first-order valence-electron chi connectivity index (χ1n) is 7.43. The number of nitrogens with one attached hydrogen (secondary N) is 1. The Morgan fingerprint density at radius 3 is 2.58 bits per heavy atom. The van der Waals surface area contributed by atoms with Crippen molar-refractivity contribution in [3.05, 3.63) is 35.9 Å². The molecule has 1 saturated heterocycles. The molecule has 1 aromatic rings. The standard InChI is InChI=1S/C16H27N3/c1-15(14-16-6-4-3-5-7-16)18(2)12-13-19-10-8-17-9-11-19/h3-7,15,17H,8-14H2,1-2H3. The van der Waals surface area contributed by atoms with Crippen molar-refractivity contribution in [2.24, 2.45) is 0 Å². The zero-order valence-electron chi connectivity index (χ0n) is 12.3. The summed E-state index contributed by atoms with van der Waals surface area (Å²) in [6.07, 6.45) is 1.14. The van der Waals surface area contributed by atoms with Crippen LogP contribution in [0.25, 0.3) is 0 Å². The molecule has 1 aliphatic rings. The van der Waals surface area contributed by atoms with E-state index in [4.69, 9.17) is 0 Å². The Kier molecular flexibility index (Phi) is 5.83. The summed E-state index contributed by atoms with van der Waals surface area (Å²) in [5.41, 5.74) is 1.43. The van der Waals surface area contributed by atoms with Gasteiger partial charge in [0.05, 0.1) is 0 Å². The van der Waals surface area contributed by atoms with E-state index < -0.39 is 0 Å². The number of rotatable bonds is 6. The number of nitrogens with zero attached hydrogens (tertiary/aromatic N) is 2. The average Bonchev–Trinajstić information content (AvgIpc) is 2.47. The normalized spacial score (nSPS) is 18.7. The summed E-state index contributed by atoms with van der Waals surface area (Å²) in [7, 11) is 2.25. The third-order valence-corrected chi connectivity index (χ3v) is 4.10. The highest BCUT2D eigenvalue weighted by Crippen LogP contribution is 2.07. The first-order valence-corrected chi connectivity index (χ1v) is 7.43. The number of hydrogen-bond acceptors (Lipinski definition) is 3. The maximum Gasteiger partial charge on any atom is 0.0110 e. The first-order chi connectivity index (χ1) is 9.25. The molecule has 1 N–H and O–H groups in total. The molecule has 0 amide bonds. The maximum atomic E-state index is 3.40. The van der Waals surface area contributed by atoms with Crippen LogP contribution in [0.3, 0.4) is 0 Å². The number of benzene rings is 1. The topological polar surface area (TPSA) is 18.5 Å². The molecule has 0 bridgehead atoms. The van der Waals surface area contributed by atoms with Gasteiger partial charge in [-0.3, -0.25) is 4.90 Å². The maximum absolute atomic E-state index is 3.40. The zero-order valence-corrected chi connectivity index (χ0v) is 12.3. The fraction of sp³-hybridized carbons (Fsp3) is 0.625. The molecule has 0 radical (unpaired) electrons. The lowest BCUT2D eigenvalue weighted by atomic mass is 10.1. The van der Waals surface area contributed by atoms with E-state index in [2.05, 4.69) is 59.4 Å². The lowest BCUT2D eigenvalue weighted by Crippen LogP contribution is -2.46. The minimum Gasteiger partial charge on any atom is -0.314 e. The second-order valence-electron chi connectivity index (χ2n) is 5.61. The molecule has 2 rings (SSSR count). The SMILES string of the molecule is CC(Cc1ccccc1)N(C)CCN1CCNCC1. The van der Waals surface area contributed by atoms with Gasteiger partial charge in [-0.05, 0) is 26.0 Å². The van der Waals surface area contributed by atoms with Gasteiger partial charge in [-0.2, -0.15) is 0 Å². The summed E-state index contributed by atoms with van der Waals surface area (Å²) >= 11 is 0. The molecule has 0 aromatic heterocycles. The van der Waals surface area contributed by atoms with Crippen LogP contribution < -0.4 is 5.32 Å². The third kappa shape index (κ3) is 4.94. The smallest absolute Gasteiger partial charge is 0.0110 e. The van der Waals surface area contributed by atoms with Crippen molar-refractivity contribution >= 4 is 0 Å². The summed E-state index contributed by atoms with van der Waals surface area (Å²) in [4.78, 5) is 5.04. The molecule has 1 fully saturated rings. The summed E-state index contributed by atoms with van der Waals surface area (Å²) in [6, 6.07) is 11.4. The molecule has 1 aromatic carbocycles. The van der Waals surface area contributed by atoms with E-state index in [1.54, 1.807) is 0 Å². The van der Waals surface area contributed by atoms with Crippen molar-refractivity contribution in [1.82, 2.24) is 15.1 Å². The predicted octanol–water partition coefficient (Wildman–Crippen LogP) is 1.45. The van der Waals surface area contributed by atoms with Crippen LogP contribution in [-0.2, 0) is 6.42 Å². The van der Waals surface area contributed by atoms with E-state index in [1.807, 2.05) is 0 Å². The molecule has 1 atom stereocenters. The number of piperazine rings is 1. The number of hydrogen-bond donors (Lipinski definition) is 1. The molecule has 1 aliphatic heterocycles. The van der Waals surface area contributed by atoms with Crippen molar-refractivity contribution in [3.63, 3.8) is 0 Å². The summed E-state index contributed by atoms with van der Waals surface area (Å²) in [5, 5.41) is 3.40. The van der Waals surface area contributed by atoms with E-state index in [0.717, 1.165) is 26.1 Å². The second kappa shape index (κ2) is 7.63. The molecule has 3 heteroatoms. The van der Waals surface area contributed by atoms with Crippen LogP contribution in [-0.4, -0.2) is 62.2 Å². The highest BCUT2D eigenvalue weighted by Gasteiger charge is 2.13. The molecule has 3 nitrogen and oxygen atoms in total. The highest BCUT2D eigenvalue weighted by molar-refractivity contribution is 5.15. The van der Waals surface area contributed by atoms with Crippen LogP contribution in [0.1, 0.15) is 12.5 Å². The van der Waals surface area contributed by atoms with Gasteiger partial charge in [-0.1, -0.05) is 30.3 Å². The van der Waals surface area contributed by atoms with Gasteiger partial charge in [0.15, 0.2) is 0 Å². The van der Waals surface area contributed by atoms with Gasteiger partial charge in [0, 0.05) is 45.3 Å². The van der Waals surface area contributed by atoms with Crippen LogP contribution >= 0.6 is 0 Å². The van der Waals surface area contributed by atoms with Gasteiger partial charge in [-0.15, -0.1) is 0 Å². The highest BCUT2D eigenvalue weighted by atomic mass is 15.2. The Balaban J connectivity index is 1.71. The minimum absolute atomic E-state index is 0.602. The lowest BCUT2D eigenvalue weighted by molar-refractivity contribution is 0.182. The molecule has 0 aliphatic carbocycles. The van der Waals surface area contributed by atoms with E-state index in [1.165, 1.54) is 25.2 Å². The van der Waals surface area contributed by atoms with Gasteiger partial charge in [-0.25, -0.2) is 0 Å². The number of likely N-dealkylation sites (N-methyl/N-ethyl adjacent to an activating group) is 1. The van der Waals surface area contributed by atoms with Gasteiger partial charge < -0.3 is 10.2 Å². The van der Waals surface area contributed by atoms with E-state index in [-0.39, 0.29) is 0 Å². The molecule has 106 valence electrons. The molecule has 19 heavy (non-hydrogen) atoms. The minimum atomic E-state index is 0.602. The van der Waals surface area contributed by atoms with Crippen molar-refractivity contribution in [2.75, 3.05) is 46.3 Å². The van der Waals surface area contributed by atoms with Crippen molar-refractivity contribution in [3.8, 4) is 0 Å². The van der Waals surface area contributed by atoms with Crippen LogP contribution in [0.5, 0.6) is 0 Å². The second-order valence-corrected chi connectivity index (χ2v) is 5.61. The van der Waals surface area contributed by atoms with Crippen LogP contribution in [0.4, 0.5) is 0 Å². The molecule has 0 saturated carbocycles. The Bertz CT molecular complexity index is 346. The van der Waals surface area contributed by atoms with Crippen molar-refractivity contribution < 1.29 is 0 Å². The lowest BCUT2D eigenvalue weighted by Gasteiger charge is -2.31. The molecule has 1 unspecified atom stereocenters. The van der Waals surface area contributed by atoms with E-state index in [0.29, 0.717) is 6.04 Å². The Hall–Kier alpha value is -0.900. The molecular formula is C16H27N3. The summed E-state index contributed by atoms with van der Waals surface area (Å²) < 4.78 is 0. The fourth-order valence-electron chi connectivity index (χ4n) is 2.57. The monoisotopic (exact) mass is 261 g/mol. The average molecular weight is 261 g/mol. The largest absolute Gasteiger partial charge is 0.314 e. The van der Waals surface area contributed by atoms with Gasteiger partial charge in [0.2, 0.25) is 0 Å². The van der Waals surface area contributed by atoms with E-state index in [9.17, 15) is 0 Å². The van der Waals surface area contributed by atoms with Crippen LogP contribution in [0.2, 0.25) is 0 Å². The van der Waals surface area contributed by atoms with Crippen molar-refractivity contribution in [2.45, 2.75) is 19.4 Å². The Morgan fingerprint density at radius 2 is 1.89 bits per heavy atom. The van der Waals surface area contributed by atoms with Crippen molar-refractivity contribution in [1.29, 1.82) is 0 Å². The molecule has 1 heterocycles. The van der Waals surface area contributed by atoms with Gasteiger partial charge in [0.25, 0.3) is 0 Å². The predicted molar refractivity (Wildman–Crippen MR) is 81.5 cm³/mol. The van der Waals surface area contributed by atoms with Crippen LogP contribution in [0, 0.1) is 0 Å². The summed E-state index contributed by atoms with van der Waals surface area (Å²) in [6.45, 7) is 9.35. The molecular weight excluding hydrogens is 234 g/mol. The third-order valence-electron chi connectivity index (χ3n) is 4.10. The van der Waals surface area contributed by atoms with Crippen LogP contribution in [0.15, 0.2) is 30.3 Å². The quantitative estimate of drug-likeness (QED) is 0.836.